The molecule has 1 heterocycles. The summed E-state index contributed by atoms with van der Waals surface area (Å²) in [4.78, 5) is 14.9. The lowest BCUT2D eigenvalue weighted by atomic mass is 10.1. The largest absolute Gasteiger partial charge is 0.492 e. The van der Waals surface area contributed by atoms with Crippen LogP contribution in [0.15, 0.2) is 36.5 Å². The van der Waals surface area contributed by atoms with E-state index in [1.165, 1.54) is 19.3 Å². The normalized spacial score (nSPS) is 10.5. The van der Waals surface area contributed by atoms with Gasteiger partial charge in [-0.2, -0.15) is 0 Å². The van der Waals surface area contributed by atoms with Crippen LogP contribution in [-0.4, -0.2) is 17.9 Å². The van der Waals surface area contributed by atoms with E-state index >= 15 is 0 Å². The van der Waals surface area contributed by atoms with Gasteiger partial charge in [-0.25, -0.2) is 0 Å². The summed E-state index contributed by atoms with van der Waals surface area (Å²) in [5.74, 6) is 0.700. The van der Waals surface area contributed by atoms with Crippen LogP contribution in [0.25, 0.3) is 11.3 Å². The third-order valence-corrected chi connectivity index (χ3v) is 3.70. The molecule has 22 heavy (non-hydrogen) atoms. The Morgan fingerprint density at radius 2 is 2.05 bits per heavy atom. The molecule has 0 radical (unpaired) electrons. The lowest BCUT2D eigenvalue weighted by Crippen LogP contribution is -1.98. The van der Waals surface area contributed by atoms with E-state index in [1.54, 1.807) is 18.3 Å². The highest BCUT2D eigenvalue weighted by molar-refractivity contribution is 6.32. The summed E-state index contributed by atoms with van der Waals surface area (Å²) >= 11 is 6.27. The van der Waals surface area contributed by atoms with Gasteiger partial charge in [-0.3, -0.25) is 9.78 Å². The van der Waals surface area contributed by atoms with Crippen molar-refractivity contribution in [3.05, 3.63) is 47.1 Å². The van der Waals surface area contributed by atoms with Crippen molar-refractivity contribution < 1.29 is 9.53 Å². The number of hydrogen-bond acceptors (Lipinski definition) is 3. The van der Waals surface area contributed by atoms with Crippen molar-refractivity contribution in [3.8, 4) is 17.0 Å². The number of carbonyl (C=O) groups is 1. The van der Waals surface area contributed by atoms with Crippen LogP contribution in [0.2, 0.25) is 5.02 Å². The molecule has 0 N–H and O–H groups in total. The van der Waals surface area contributed by atoms with Crippen LogP contribution in [0.1, 0.15) is 43.0 Å². The van der Waals surface area contributed by atoms with Crippen LogP contribution in [-0.2, 0) is 0 Å². The van der Waals surface area contributed by atoms with Crippen molar-refractivity contribution in [2.24, 2.45) is 0 Å². The molecule has 0 aliphatic carbocycles. The van der Waals surface area contributed by atoms with Crippen LogP contribution in [0.3, 0.4) is 0 Å². The standard InChI is InChI=1S/C18H20ClNO2/c1-2-3-4-5-10-22-18-9-7-15(11-16(18)19)17-8-6-14(13-21)12-20-17/h6-9,11-13H,2-5,10H2,1H3. The number of aromatic nitrogens is 1. The SMILES string of the molecule is CCCCCCOc1ccc(-c2ccc(C=O)cn2)cc1Cl. The minimum Gasteiger partial charge on any atom is -0.492 e. The first-order chi connectivity index (χ1) is 10.7. The molecule has 2 rings (SSSR count). The van der Waals surface area contributed by atoms with Gasteiger partial charge in [-0.05, 0) is 36.8 Å². The van der Waals surface area contributed by atoms with Gasteiger partial charge in [0, 0.05) is 17.3 Å². The second-order valence-electron chi connectivity index (χ2n) is 5.15. The fraction of sp³-hybridized carbons (Fsp3) is 0.333. The number of ether oxygens (including phenoxy) is 1. The summed E-state index contributed by atoms with van der Waals surface area (Å²) < 4.78 is 5.71. The summed E-state index contributed by atoms with van der Waals surface area (Å²) in [7, 11) is 0. The number of nitrogens with zero attached hydrogens (tertiary/aromatic N) is 1. The van der Waals surface area contributed by atoms with E-state index < -0.39 is 0 Å². The fourth-order valence-corrected chi connectivity index (χ4v) is 2.37. The van der Waals surface area contributed by atoms with Crippen molar-refractivity contribution >= 4 is 17.9 Å². The number of carbonyl (C=O) groups excluding carboxylic acids is 1. The van der Waals surface area contributed by atoms with Gasteiger partial charge in [0.2, 0.25) is 0 Å². The van der Waals surface area contributed by atoms with Crippen LogP contribution in [0, 0.1) is 0 Å². The van der Waals surface area contributed by atoms with Crippen molar-refractivity contribution in [1.29, 1.82) is 0 Å². The zero-order chi connectivity index (χ0) is 15.8. The van der Waals surface area contributed by atoms with Crippen LogP contribution < -0.4 is 4.74 Å². The smallest absolute Gasteiger partial charge is 0.151 e. The predicted octanol–water partition coefficient (Wildman–Crippen LogP) is 5.17. The summed E-state index contributed by atoms with van der Waals surface area (Å²) in [5, 5.41) is 0.578. The van der Waals surface area contributed by atoms with Gasteiger partial charge < -0.3 is 4.74 Å². The molecule has 1 aromatic carbocycles. The molecule has 3 nitrogen and oxygen atoms in total. The maximum absolute atomic E-state index is 10.6. The average Bonchev–Trinajstić information content (AvgIpc) is 2.56. The predicted molar refractivity (Wildman–Crippen MR) is 89.7 cm³/mol. The molecule has 2 aromatic rings. The van der Waals surface area contributed by atoms with Crippen molar-refractivity contribution in [2.75, 3.05) is 6.61 Å². The number of aldehydes is 1. The second-order valence-corrected chi connectivity index (χ2v) is 5.56. The lowest BCUT2D eigenvalue weighted by Gasteiger charge is -2.09. The van der Waals surface area contributed by atoms with Gasteiger partial charge in [0.05, 0.1) is 17.3 Å². The van der Waals surface area contributed by atoms with Gasteiger partial charge in [0.25, 0.3) is 0 Å². The van der Waals surface area contributed by atoms with Gasteiger partial charge >= 0.3 is 0 Å². The van der Waals surface area contributed by atoms with E-state index in [4.69, 9.17) is 16.3 Å². The molecule has 0 aliphatic heterocycles. The average molecular weight is 318 g/mol. The van der Waals surface area contributed by atoms with Crippen LogP contribution in [0.4, 0.5) is 0 Å². The Labute approximate surface area is 136 Å². The molecule has 0 aliphatic rings. The molecule has 1 aromatic heterocycles. The van der Waals surface area contributed by atoms with E-state index in [0.29, 0.717) is 22.9 Å². The van der Waals surface area contributed by atoms with E-state index in [-0.39, 0.29) is 0 Å². The molecule has 0 fully saturated rings. The van der Waals surface area contributed by atoms with Gasteiger partial charge in [0.1, 0.15) is 5.75 Å². The maximum atomic E-state index is 10.6. The minimum absolute atomic E-state index is 0.557. The van der Waals surface area contributed by atoms with Crippen molar-refractivity contribution in [3.63, 3.8) is 0 Å². The molecule has 0 spiro atoms. The summed E-state index contributed by atoms with van der Waals surface area (Å²) in [6, 6.07) is 9.18. The topological polar surface area (TPSA) is 39.2 Å². The highest BCUT2D eigenvalue weighted by atomic mass is 35.5. The first-order valence-corrected chi connectivity index (χ1v) is 7.96. The third-order valence-electron chi connectivity index (χ3n) is 3.41. The number of pyridine rings is 1. The minimum atomic E-state index is 0.557. The first-order valence-electron chi connectivity index (χ1n) is 7.58. The molecule has 0 atom stereocenters. The second kappa shape index (κ2) is 8.54. The first kappa shape index (κ1) is 16.5. The molecule has 4 heteroatoms. The molecule has 116 valence electrons. The number of hydrogen-bond donors (Lipinski definition) is 0. The maximum Gasteiger partial charge on any atom is 0.151 e. The Balaban J connectivity index is 2.00. The van der Waals surface area contributed by atoms with Gasteiger partial charge in [0.15, 0.2) is 6.29 Å². The molecule has 0 bridgehead atoms. The third kappa shape index (κ3) is 4.57. The Bertz CT molecular complexity index is 611. The number of benzene rings is 1. The molecule has 0 saturated heterocycles. The molecule has 0 unspecified atom stereocenters. The fourth-order valence-electron chi connectivity index (χ4n) is 2.13. The Hall–Kier alpha value is -1.87. The zero-order valence-corrected chi connectivity index (χ0v) is 13.5. The summed E-state index contributed by atoms with van der Waals surface area (Å²) in [5.41, 5.74) is 2.24. The van der Waals surface area contributed by atoms with E-state index in [1.807, 2.05) is 18.2 Å². The zero-order valence-electron chi connectivity index (χ0n) is 12.7. The highest BCUT2D eigenvalue weighted by Gasteiger charge is 2.06. The number of unbranched alkanes of at least 4 members (excludes halogenated alkanes) is 3. The Kier molecular flexibility index (Phi) is 6.41. The molecular formula is C18H20ClNO2. The molecular weight excluding hydrogens is 298 g/mol. The lowest BCUT2D eigenvalue weighted by molar-refractivity contribution is 0.112. The summed E-state index contributed by atoms with van der Waals surface area (Å²) in [6.07, 6.45) is 7.00. The van der Waals surface area contributed by atoms with E-state index in [9.17, 15) is 4.79 Å². The molecule has 0 amide bonds. The van der Waals surface area contributed by atoms with Crippen molar-refractivity contribution in [2.45, 2.75) is 32.6 Å². The van der Waals surface area contributed by atoms with E-state index in [0.717, 1.165) is 24.0 Å². The monoisotopic (exact) mass is 317 g/mol. The Morgan fingerprint density at radius 3 is 2.68 bits per heavy atom. The highest BCUT2D eigenvalue weighted by Crippen LogP contribution is 2.29. The summed E-state index contributed by atoms with van der Waals surface area (Å²) in [6.45, 7) is 2.87. The van der Waals surface area contributed by atoms with E-state index in [2.05, 4.69) is 11.9 Å². The quantitative estimate of drug-likeness (QED) is 0.498. The Morgan fingerprint density at radius 1 is 1.18 bits per heavy atom. The van der Waals surface area contributed by atoms with Crippen molar-refractivity contribution in [1.82, 2.24) is 4.98 Å². The van der Waals surface area contributed by atoms with Gasteiger partial charge in [-0.1, -0.05) is 37.8 Å². The van der Waals surface area contributed by atoms with Crippen LogP contribution in [0.5, 0.6) is 5.75 Å². The van der Waals surface area contributed by atoms with Crippen LogP contribution >= 0.6 is 11.6 Å². The van der Waals surface area contributed by atoms with Gasteiger partial charge in [-0.15, -0.1) is 0 Å². The number of halogens is 1. The number of rotatable bonds is 8. The molecule has 0 saturated carbocycles.